The van der Waals surface area contributed by atoms with Crippen LogP contribution in [-0.2, 0) is 9.53 Å². The Kier molecular flexibility index (Phi) is 6.62. The van der Waals surface area contributed by atoms with Crippen molar-refractivity contribution in [3.05, 3.63) is 17.4 Å². The molecular weight excluding hydrogens is 430 g/mol. The van der Waals surface area contributed by atoms with Crippen LogP contribution < -0.4 is 15.5 Å². The van der Waals surface area contributed by atoms with Crippen LogP contribution in [0.1, 0.15) is 59.3 Å². The van der Waals surface area contributed by atoms with E-state index in [-0.39, 0.29) is 17.9 Å². The van der Waals surface area contributed by atoms with E-state index in [2.05, 4.69) is 20.6 Å². The van der Waals surface area contributed by atoms with Gasteiger partial charge in [0.25, 0.3) is 0 Å². The molecule has 2 aromatic rings. The Morgan fingerprint density at radius 1 is 1.22 bits per heavy atom. The average Bonchev–Trinajstić information content (AvgIpc) is 3.40. The molecule has 2 aromatic heterocycles. The van der Waals surface area contributed by atoms with E-state index < -0.39 is 11.7 Å². The van der Waals surface area contributed by atoms with Gasteiger partial charge in [-0.1, -0.05) is 24.4 Å². The molecule has 2 fully saturated rings. The van der Waals surface area contributed by atoms with Crippen LogP contribution in [0.4, 0.5) is 16.2 Å². The summed E-state index contributed by atoms with van der Waals surface area (Å²) < 4.78 is 5.77. The molecule has 1 aliphatic heterocycles. The maximum Gasteiger partial charge on any atom is 0.415 e. The molecule has 0 spiro atoms. The van der Waals surface area contributed by atoms with E-state index in [1.165, 1.54) is 6.20 Å². The molecule has 1 saturated heterocycles. The number of nitrogens with zero attached hydrogens (tertiary/aromatic N) is 2. The van der Waals surface area contributed by atoms with Crippen molar-refractivity contribution in [2.75, 3.05) is 23.3 Å². The van der Waals surface area contributed by atoms with Gasteiger partial charge in [0.15, 0.2) is 0 Å². The smallest absolute Gasteiger partial charge is 0.415 e. The number of fused-ring (bicyclic) bond motifs is 1. The normalized spacial score (nSPS) is 19.8. The number of rotatable bonds is 4. The number of H-pyrrole nitrogens is 1. The van der Waals surface area contributed by atoms with Crippen LogP contribution in [0.3, 0.4) is 0 Å². The third kappa shape index (κ3) is 4.86. The van der Waals surface area contributed by atoms with Gasteiger partial charge in [0.2, 0.25) is 5.91 Å². The van der Waals surface area contributed by atoms with Gasteiger partial charge in [-0.15, -0.1) is 0 Å². The minimum atomic E-state index is -0.659. The maximum atomic E-state index is 13.4. The van der Waals surface area contributed by atoms with Crippen molar-refractivity contribution in [2.24, 2.45) is 5.92 Å². The van der Waals surface area contributed by atoms with Crippen molar-refractivity contribution in [1.29, 1.82) is 0 Å². The second-order valence-electron chi connectivity index (χ2n) is 9.70. The van der Waals surface area contributed by atoms with Crippen molar-refractivity contribution in [2.45, 2.75) is 70.9 Å². The summed E-state index contributed by atoms with van der Waals surface area (Å²) in [5.41, 5.74) is 0.999. The van der Waals surface area contributed by atoms with Crippen molar-refractivity contribution < 1.29 is 14.3 Å². The van der Waals surface area contributed by atoms with Crippen molar-refractivity contribution in [3.63, 3.8) is 0 Å². The molecule has 0 radical (unpaired) electrons. The Bertz CT molecular complexity index is 987. The predicted molar refractivity (Wildman–Crippen MR) is 126 cm³/mol. The number of aromatic amines is 1. The van der Waals surface area contributed by atoms with Gasteiger partial charge in [-0.25, -0.2) is 9.78 Å². The Balaban J connectivity index is 1.77. The Hall–Kier alpha value is -2.32. The summed E-state index contributed by atoms with van der Waals surface area (Å²) in [6, 6.07) is -0.130. The second-order valence-corrected chi connectivity index (χ2v) is 10.1. The number of amides is 2. The molecular formula is C23H32ClN5O3. The molecule has 1 saturated carbocycles. The van der Waals surface area contributed by atoms with Gasteiger partial charge in [0.05, 0.1) is 34.0 Å². The zero-order valence-electron chi connectivity index (χ0n) is 19.0. The standard InChI is InChI=1S/C23H32ClN5O3/c1-23(2,3)32-22(31)29(15-9-6-10-25-11-15)19-16(24)12-26-20-18(19)17(13-27-20)28-21(30)14-7-4-5-8-14/h12-15,25H,4-11H2,1-3H3,(H,26,27)(H,28,30)/t15-/m1/s1. The van der Waals surface area contributed by atoms with Gasteiger partial charge in [0.1, 0.15) is 11.2 Å². The summed E-state index contributed by atoms with van der Waals surface area (Å²) >= 11 is 6.67. The van der Waals surface area contributed by atoms with E-state index in [9.17, 15) is 9.59 Å². The van der Waals surface area contributed by atoms with Gasteiger partial charge in [-0.05, 0) is 53.0 Å². The van der Waals surface area contributed by atoms with Crippen LogP contribution in [0, 0.1) is 5.92 Å². The third-order valence-electron chi connectivity index (χ3n) is 6.08. The van der Waals surface area contributed by atoms with Crippen LogP contribution in [0.2, 0.25) is 5.02 Å². The van der Waals surface area contributed by atoms with E-state index in [0.717, 1.165) is 45.1 Å². The first-order valence-electron chi connectivity index (χ1n) is 11.4. The molecule has 0 aromatic carbocycles. The highest BCUT2D eigenvalue weighted by atomic mass is 35.5. The molecule has 9 heteroatoms. The first-order chi connectivity index (χ1) is 15.2. The monoisotopic (exact) mass is 461 g/mol. The van der Waals surface area contributed by atoms with Gasteiger partial charge in [0, 0.05) is 18.7 Å². The average molecular weight is 462 g/mol. The Morgan fingerprint density at radius 3 is 2.62 bits per heavy atom. The fraction of sp³-hybridized carbons (Fsp3) is 0.609. The van der Waals surface area contributed by atoms with Gasteiger partial charge in [-0.3, -0.25) is 9.69 Å². The van der Waals surface area contributed by atoms with Crippen molar-refractivity contribution in [1.82, 2.24) is 15.3 Å². The number of hydrogen-bond donors (Lipinski definition) is 3. The highest BCUT2D eigenvalue weighted by molar-refractivity contribution is 6.36. The number of nitrogens with one attached hydrogen (secondary N) is 3. The second kappa shape index (κ2) is 9.27. The van der Waals surface area contributed by atoms with E-state index in [1.54, 1.807) is 11.1 Å². The van der Waals surface area contributed by atoms with Gasteiger partial charge in [-0.2, -0.15) is 0 Å². The quantitative estimate of drug-likeness (QED) is 0.605. The zero-order valence-corrected chi connectivity index (χ0v) is 19.7. The Morgan fingerprint density at radius 2 is 1.97 bits per heavy atom. The fourth-order valence-electron chi connectivity index (χ4n) is 4.60. The van der Waals surface area contributed by atoms with E-state index in [1.807, 2.05) is 20.8 Å². The number of aromatic nitrogens is 2. The highest BCUT2D eigenvalue weighted by Crippen LogP contribution is 2.40. The summed E-state index contributed by atoms with van der Waals surface area (Å²) in [6.45, 7) is 7.07. The number of ether oxygens (including phenoxy) is 1. The first-order valence-corrected chi connectivity index (χ1v) is 11.8. The zero-order chi connectivity index (χ0) is 22.9. The molecule has 2 amide bonds. The predicted octanol–water partition coefficient (Wildman–Crippen LogP) is 4.84. The van der Waals surface area contributed by atoms with E-state index in [0.29, 0.717) is 34.0 Å². The van der Waals surface area contributed by atoms with E-state index >= 15 is 0 Å². The molecule has 4 rings (SSSR count). The number of carbonyl (C=O) groups excluding carboxylic acids is 2. The minimum Gasteiger partial charge on any atom is -0.443 e. The Labute approximate surface area is 193 Å². The topological polar surface area (TPSA) is 99.3 Å². The number of carbonyl (C=O) groups is 2. The van der Waals surface area contributed by atoms with Gasteiger partial charge >= 0.3 is 6.09 Å². The molecule has 0 bridgehead atoms. The molecule has 1 atom stereocenters. The van der Waals surface area contributed by atoms with Crippen LogP contribution >= 0.6 is 11.6 Å². The molecule has 1 aliphatic carbocycles. The van der Waals surface area contributed by atoms with E-state index in [4.69, 9.17) is 16.3 Å². The molecule has 3 heterocycles. The number of anilines is 2. The molecule has 0 unspecified atom stereocenters. The molecule has 8 nitrogen and oxygen atoms in total. The van der Waals surface area contributed by atoms with Crippen LogP contribution in [0.25, 0.3) is 11.0 Å². The summed E-state index contributed by atoms with van der Waals surface area (Å²) in [5, 5.41) is 7.38. The first kappa shape index (κ1) is 22.9. The lowest BCUT2D eigenvalue weighted by Gasteiger charge is -2.36. The number of piperidine rings is 1. The number of pyridine rings is 1. The van der Waals surface area contributed by atoms with Crippen molar-refractivity contribution >= 4 is 46.0 Å². The number of hydrogen-bond acceptors (Lipinski definition) is 5. The lowest BCUT2D eigenvalue weighted by molar-refractivity contribution is -0.119. The highest BCUT2D eigenvalue weighted by Gasteiger charge is 2.34. The summed E-state index contributed by atoms with van der Waals surface area (Å²) in [5.74, 6) is 0.0116. The molecule has 174 valence electrons. The largest absolute Gasteiger partial charge is 0.443 e. The maximum absolute atomic E-state index is 13.4. The van der Waals surface area contributed by atoms with Gasteiger partial charge < -0.3 is 20.4 Å². The number of halogens is 1. The lowest BCUT2D eigenvalue weighted by Crippen LogP contribution is -2.50. The molecule has 3 N–H and O–H groups in total. The van der Waals surface area contributed by atoms with Crippen molar-refractivity contribution in [3.8, 4) is 0 Å². The summed E-state index contributed by atoms with van der Waals surface area (Å²) in [6.07, 6.45) is 8.50. The summed E-state index contributed by atoms with van der Waals surface area (Å²) in [7, 11) is 0. The van der Waals surface area contributed by atoms with Crippen LogP contribution in [-0.4, -0.2) is 46.7 Å². The van der Waals surface area contributed by atoms with Crippen LogP contribution in [0.5, 0.6) is 0 Å². The molecule has 2 aliphatic rings. The molecule has 32 heavy (non-hydrogen) atoms. The summed E-state index contributed by atoms with van der Waals surface area (Å²) in [4.78, 5) is 35.4. The third-order valence-corrected chi connectivity index (χ3v) is 6.36. The minimum absolute atomic E-state index is 0.00234. The van der Waals surface area contributed by atoms with Crippen LogP contribution in [0.15, 0.2) is 12.4 Å². The fourth-order valence-corrected chi connectivity index (χ4v) is 4.83. The SMILES string of the molecule is CC(C)(C)OC(=O)N(c1c(Cl)cnc2[nH]cc(NC(=O)C3CCCC3)c12)[C@@H]1CCCNC1. The lowest BCUT2D eigenvalue weighted by atomic mass is 10.0.